The average Bonchev–Trinajstić information content (AvgIpc) is 3.69. The first-order valence-electron chi connectivity index (χ1n) is 13.2. The topological polar surface area (TPSA) is 69.4 Å². The SMILES string of the molecule is C=C(/C=c1/c(-c2cc3c(C4=CCC=C4)cccc3[nH]2)n[nH]/c1=C/C)c1cncc(CC2CCNCC2)c1. The van der Waals surface area contributed by atoms with Gasteiger partial charge in [0.25, 0.3) is 0 Å². The van der Waals surface area contributed by atoms with E-state index in [0.29, 0.717) is 0 Å². The van der Waals surface area contributed by atoms with Gasteiger partial charge in [-0.1, -0.05) is 43.0 Å². The highest BCUT2D eigenvalue weighted by Gasteiger charge is 2.15. The molecule has 1 aliphatic heterocycles. The Hall–Kier alpha value is -3.96. The zero-order chi connectivity index (χ0) is 25.2. The Morgan fingerprint density at radius 1 is 1.16 bits per heavy atom. The molecule has 186 valence electrons. The number of H-pyrrole nitrogens is 2. The van der Waals surface area contributed by atoms with Gasteiger partial charge in [-0.2, -0.15) is 5.10 Å². The number of hydrogen-bond donors (Lipinski definition) is 3. The molecular formula is C32H33N5. The first-order valence-corrected chi connectivity index (χ1v) is 13.2. The van der Waals surface area contributed by atoms with Crippen LogP contribution in [0.25, 0.3) is 45.6 Å². The largest absolute Gasteiger partial charge is 0.353 e. The van der Waals surface area contributed by atoms with E-state index in [1.54, 1.807) is 0 Å². The Morgan fingerprint density at radius 2 is 2.05 bits per heavy atom. The fourth-order valence-electron chi connectivity index (χ4n) is 5.58. The summed E-state index contributed by atoms with van der Waals surface area (Å²) in [5, 5.41) is 14.6. The van der Waals surface area contributed by atoms with Gasteiger partial charge in [-0.15, -0.1) is 0 Å². The Bertz CT molecular complexity index is 1640. The van der Waals surface area contributed by atoms with Crippen LogP contribution in [-0.4, -0.2) is 33.3 Å². The zero-order valence-corrected chi connectivity index (χ0v) is 21.3. The third-order valence-corrected chi connectivity index (χ3v) is 7.59. The van der Waals surface area contributed by atoms with E-state index < -0.39 is 0 Å². The molecule has 5 nitrogen and oxygen atoms in total. The van der Waals surface area contributed by atoms with E-state index in [1.807, 2.05) is 19.3 Å². The number of allylic oxidation sites excluding steroid dienone is 5. The normalized spacial score (nSPS) is 17.2. The smallest absolute Gasteiger partial charge is 0.116 e. The Morgan fingerprint density at radius 3 is 2.86 bits per heavy atom. The van der Waals surface area contributed by atoms with Crippen LogP contribution in [0.5, 0.6) is 0 Å². The van der Waals surface area contributed by atoms with Crippen LogP contribution in [0.4, 0.5) is 0 Å². The van der Waals surface area contributed by atoms with Crippen LogP contribution in [-0.2, 0) is 6.42 Å². The van der Waals surface area contributed by atoms with Crippen molar-refractivity contribution >= 4 is 34.2 Å². The van der Waals surface area contributed by atoms with E-state index in [2.05, 4.69) is 87.7 Å². The van der Waals surface area contributed by atoms with Crippen LogP contribution in [0.15, 0.2) is 67.5 Å². The second-order valence-electron chi connectivity index (χ2n) is 10.1. The summed E-state index contributed by atoms with van der Waals surface area (Å²) in [7, 11) is 0. The lowest BCUT2D eigenvalue weighted by Crippen LogP contribution is -2.28. The summed E-state index contributed by atoms with van der Waals surface area (Å²) in [4.78, 5) is 8.16. The lowest BCUT2D eigenvalue weighted by atomic mass is 9.91. The predicted octanol–water partition coefficient (Wildman–Crippen LogP) is 5.13. The van der Waals surface area contributed by atoms with Gasteiger partial charge in [-0.3, -0.25) is 10.1 Å². The Balaban J connectivity index is 1.36. The number of benzene rings is 1. The number of hydrogen-bond acceptors (Lipinski definition) is 3. The van der Waals surface area contributed by atoms with Crippen LogP contribution >= 0.6 is 0 Å². The van der Waals surface area contributed by atoms with E-state index in [-0.39, 0.29) is 0 Å². The summed E-state index contributed by atoms with van der Waals surface area (Å²) in [6.07, 6.45) is 19.3. The summed E-state index contributed by atoms with van der Waals surface area (Å²) < 4.78 is 0. The molecule has 1 aliphatic carbocycles. The van der Waals surface area contributed by atoms with E-state index in [9.17, 15) is 0 Å². The second-order valence-corrected chi connectivity index (χ2v) is 10.1. The van der Waals surface area contributed by atoms with Crippen LogP contribution in [0.1, 0.15) is 42.9 Å². The predicted molar refractivity (Wildman–Crippen MR) is 154 cm³/mol. The highest BCUT2D eigenvalue weighted by Crippen LogP contribution is 2.31. The van der Waals surface area contributed by atoms with Crippen molar-refractivity contribution in [3.05, 3.63) is 94.8 Å². The molecule has 1 saturated heterocycles. The Labute approximate surface area is 217 Å². The fraction of sp³-hybridized carbons (Fsp3) is 0.250. The molecule has 0 radical (unpaired) electrons. The number of aromatic nitrogens is 4. The maximum Gasteiger partial charge on any atom is 0.116 e. The fourth-order valence-corrected chi connectivity index (χ4v) is 5.58. The number of fused-ring (bicyclic) bond motifs is 1. The second kappa shape index (κ2) is 10.2. The summed E-state index contributed by atoms with van der Waals surface area (Å²) in [6, 6.07) is 10.9. The molecule has 0 unspecified atom stereocenters. The van der Waals surface area contributed by atoms with Crippen LogP contribution < -0.4 is 15.9 Å². The number of pyridine rings is 1. The molecule has 1 fully saturated rings. The first kappa shape index (κ1) is 23.4. The molecule has 37 heavy (non-hydrogen) atoms. The molecule has 0 spiro atoms. The highest BCUT2D eigenvalue weighted by atomic mass is 15.1. The summed E-state index contributed by atoms with van der Waals surface area (Å²) in [6.45, 7) is 8.67. The zero-order valence-electron chi connectivity index (χ0n) is 21.3. The lowest BCUT2D eigenvalue weighted by molar-refractivity contribution is 0.372. The third-order valence-electron chi connectivity index (χ3n) is 7.59. The Kier molecular flexibility index (Phi) is 6.46. The first-order chi connectivity index (χ1) is 18.2. The standard InChI is InChI=1S/C32H33N5/c1-3-29-28(15-21(2)25-17-23(19-34-20-25)16-22-11-13-33-14-12-22)32(37-36-29)31-18-27-26(24-7-4-5-8-24)9-6-10-30(27)35-31/h3-4,6-10,15,17-20,22,33,35-36H,2,5,11-14,16H2,1H3/b28-15+,29-3+. The molecule has 4 heterocycles. The molecule has 3 N–H and O–H groups in total. The molecule has 1 aromatic carbocycles. The van der Waals surface area contributed by atoms with Crippen molar-refractivity contribution in [1.29, 1.82) is 0 Å². The van der Waals surface area contributed by atoms with Crippen molar-refractivity contribution in [3.63, 3.8) is 0 Å². The van der Waals surface area contributed by atoms with E-state index >= 15 is 0 Å². The van der Waals surface area contributed by atoms with Gasteiger partial charge in [-0.05, 0) is 104 Å². The van der Waals surface area contributed by atoms with Gasteiger partial charge < -0.3 is 10.3 Å². The average molecular weight is 488 g/mol. The number of aromatic amines is 2. The molecule has 5 heteroatoms. The quantitative estimate of drug-likeness (QED) is 0.353. The van der Waals surface area contributed by atoms with Crippen molar-refractivity contribution < 1.29 is 0 Å². The minimum Gasteiger partial charge on any atom is -0.353 e. The van der Waals surface area contributed by atoms with Crippen molar-refractivity contribution in [3.8, 4) is 11.4 Å². The van der Waals surface area contributed by atoms with E-state index in [4.69, 9.17) is 5.10 Å². The number of nitrogens with zero attached hydrogens (tertiary/aromatic N) is 2. The maximum absolute atomic E-state index is 4.71. The molecule has 0 bridgehead atoms. The van der Waals surface area contributed by atoms with E-state index in [1.165, 1.54) is 34.9 Å². The molecule has 4 aromatic rings. The summed E-state index contributed by atoms with van der Waals surface area (Å²) in [5.41, 5.74) is 8.79. The molecule has 2 aliphatic rings. The molecule has 0 amide bonds. The van der Waals surface area contributed by atoms with Crippen molar-refractivity contribution in [2.75, 3.05) is 13.1 Å². The van der Waals surface area contributed by atoms with Gasteiger partial charge in [0.1, 0.15) is 5.69 Å². The van der Waals surface area contributed by atoms with Crippen LogP contribution in [0.3, 0.4) is 0 Å². The minimum atomic E-state index is 0.722. The molecule has 0 saturated carbocycles. The van der Waals surface area contributed by atoms with Gasteiger partial charge in [0.05, 0.1) is 11.0 Å². The van der Waals surface area contributed by atoms with Crippen molar-refractivity contribution in [2.24, 2.45) is 5.92 Å². The van der Waals surface area contributed by atoms with Gasteiger partial charge in [0, 0.05) is 28.5 Å². The molecule has 0 atom stereocenters. The molecular weight excluding hydrogens is 454 g/mol. The highest BCUT2D eigenvalue weighted by molar-refractivity contribution is 5.98. The van der Waals surface area contributed by atoms with Gasteiger partial charge in [0.15, 0.2) is 0 Å². The number of rotatable bonds is 6. The molecule has 3 aromatic heterocycles. The van der Waals surface area contributed by atoms with Crippen molar-refractivity contribution in [2.45, 2.75) is 32.6 Å². The lowest BCUT2D eigenvalue weighted by Gasteiger charge is -2.22. The van der Waals surface area contributed by atoms with Gasteiger partial charge >= 0.3 is 0 Å². The van der Waals surface area contributed by atoms with Crippen LogP contribution in [0.2, 0.25) is 0 Å². The number of nitrogens with one attached hydrogen (secondary N) is 3. The van der Waals surface area contributed by atoms with Gasteiger partial charge in [0.2, 0.25) is 0 Å². The third kappa shape index (κ3) is 4.75. The summed E-state index contributed by atoms with van der Waals surface area (Å²) in [5.74, 6) is 0.722. The number of piperidine rings is 1. The molecule has 6 rings (SSSR count). The van der Waals surface area contributed by atoms with E-state index in [0.717, 1.165) is 70.5 Å². The minimum absolute atomic E-state index is 0.722. The summed E-state index contributed by atoms with van der Waals surface area (Å²) >= 11 is 0. The van der Waals surface area contributed by atoms with Gasteiger partial charge in [-0.25, -0.2) is 0 Å². The maximum atomic E-state index is 4.71. The van der Waals surface area contributed by atoms with Crippen LogP contribution in [0, 0.1) is 5.92 Å². The monoisotopic (exact) mass is 487 g/mol. The van der Waals surface area contributed by atoms with Crippen molar-refractivity contribution in [1.82, 2.24) is 25.5 Å².